The fraction of sp³-hybridized carbons (Fsp3) is 0.438. The number of aromatic nitrogens is 1. The molecule has 2 unspecified atom stereocenters. The van der Waals surface area contributed by atoms with E-state index in [0.29, 0.717) is 0 Å². The van der Waals surface area contributed by atoms with Gasteiger partial charge < -0.3 is 4.42 Å². The molecule has 0 aliphatic rings. The van der Waals surface area contributed by atoms with Crippen LogP contribution in [0.15, 0.2) is 28.8 Å². The molecule has 0 radical (unpaired) electrons. The van der Waals surface area contributed by atoms with Crippen LogP contribution < -0.4 is 5.32 Å². The Morgan fingerprint density at radius 3 is 2.37 bits per heavy atom. The molecule has 0 bridgehead atoms. The van der Waals surface area contributed by atoms with Crippen LogP contribution in [0.3, 0.4) is 0 Å². The Morgan fingerprint density at radius 1 is 1.05 bits per heavy atom. The number of oxazole rings is 1. The van der Waals surface area contributed by atoms with Gasteiger partial charge in [-0.25, -0.2) is 4.98 Å². The van der Waals surface area contributed by atoms with Gasteiger partial charge in [-0.05, 0) is 51.3 Å². The molecule has 1 aromatic carbocycles. The topological polar surface area (TPSA) is 38.1 Å². The Kier molecular flexibility index (Phi) is 4.05. The van der Waals surface area contributed by atoms with Gasteiger partial charge in [0.15, 0.2) is 0 Å². The van der Waals surface area contributed by atoms with E-state index in [4.69, 9.17) is 4.42 Å². The van der Waals surface area contributed by atoms with Gasteiger partial charge in [-0.3, -0.25) is 5.32 Å². The molecule has 0 aliphatic carbocycles. The number of nitrogens with one attached hydrogen (secondary N) is 1. The lowest BCUT2D eigenvalue weighted by molar-refractivity contribution is 0.380. The second kappa shape index (κ2) is 5.57. The van der Waals surface area contributed by atoms with Gasteiger partial charge >= 0.3 is 0 Å². The van der Waals surface area contributed by atoms with Crippen LogP contribution in [0.2, 0.25) is 0 Å². The smallest absolute Gasteiger partial charge is 0.211 e. The van der Waals surface area contributed by atoms with Crippen molar-refractivity contribution in [2.24, 2.45) is 0 Å². The van der Waals surface area contributed by atoms with Crippen molar-refractivity contribution in [3.05, 3.63) is 52.7 Å². The summed E-state index contributed by atoms with van der Waals surface area (Å²) >= 11 is 0. The van der Waals surface area contributed by atoms with Crippen LogP contribution in [-0.4, -0.2) is 4.98 Å². The van der Waals surface area contributed by atoms with Gasteiger partial charge in [-0.2, -0.15) is 0 Å². The summed E-state index contributed by atoms with van der Waals surface area (Å²) in [7, 11) is 0. The van der Waals surface area contributed by atoms with Crippen LogP contribution in [0.1, 0.15) is 54.3 Å². The van der Waals surface area contributed by atoms with Crippen molar-refractivity contribution in [2.45, 2.75) is 46.7 Å². The Labute approximate surface area is 115 Å². The minimum absolute atomic E-state index is 0.102. The molecule has 0 spiro atoms. The summed E-state index contributed by atoms with van der Waals surface area (Å²) in [5.41, 5.74) is 3.94. The number of aryl methyl sites for hydroxylation is 3. The van der Waals surface area contributed by atoms with Gasteiger partial charge in [0.2, 0.25) is 5.89 Å². The average Bonchev–Trinajstić information content (AvgIpc) is 2.79. The van der Waals surface area contributed by atoms with Crippen molar-refractivity contribution in [2.75, 3.05) is 0 Å². The highest BCUT2D eigenvalue weighted by Gasteiger charge is 2.15. The first-order chi connectivity index (χ1) is 8.97. The summed E-state index contributed by atoms with van der Waals surface area (Å²) in [6, 6.07) is 6.95. The fourth-order valence-electron chi connectivity index (χ4n) is 2.15. The summed E-state index contributed by atoms with van der Waals surface area (Å²) in [4.78, 5) is 4.26. The van der Waals surface area contributed by atoms with Gasteiger partial charge in [0.05, 0.1) is 12.2 Å². The number of hydrogen-bond donors (Lipinski definition) is 1. The highest BCUT2D eigenvalue weighted by Crippen LogP contribution is 2.21. The van der Waals surface area contributed by atoms with Crippen LogP contribution in [-0.2, 0) is 0 Å². The molecule has 0 saturated heterocycles. The molecule has 0 amide bonds. The summed E-state index contributed by atoms with van der Waals surface area (Å²) in [6.07, 6.45) is 1.76. The second-order valence-corrected chi connectivity index (χ2v) is 5.26. The van der Waals surface area contributed by atoms with Crippen molar-refractivity contribution >= 4 is 0 Å². The minimum Gasteiger partial charge on any atom is -0.444 e. The van der Waals surface area contributed by atoms with Gasteiger partial charge in [0.1, 0.15) is 5.76 Å². The van der Waals surface area contributed by atoms with Crippen LogP contribution in [0.4, 0.5) is 0 Å². The van der Waals surface area contributed by atoms with E-state index in [-0.39, 0.29) is 12.1 Å². The maximum absolute atomic E-state index is 5.55. The molecular formula is C16H22N2O. The monoisotopic (exact) mass is 258 g/mol. The second-order valence-electron chi connectivity index (χ2n) is 5.26. The number of hydrogen-bond acceptors (Lipinski definition) is 3. The maximum Gasteiger partial charge on any atom is 0.211 e. The van der Waals surface area contributed by atoms with E-state index in [2.05, 4.69) is 56.2 Å². The van der Waals surface area contributed by atoms with E-state index in [1.807, 2.05) is 6.92 Å². The number of benzene rings is 1. The predicted octanol–water partition coefficient (Wildman–Crippen LogP) is 4.01. The molecule has 19 heavy (non-hydrogen) atoms. The van der Waals surface area contributed by atoms with Crippen LogP contribution >= 0.6 is 0 Å². The molecule has 1 aromatic heterocycles. The van der Waals surface area contributed by atoms with Crippen molar-refractivity contribution < 1.29 is 4.42 Å². The normalized spacial score (nSPS) is 14.4. The minimum atomic E-state index is 0.102. The van der Waals surface area contributed by atoms with Crippen molar-refractivity contribution in [1.82, 2.24) is 10.3 Å². The SMILES string of the molecule is Cc1cnc(C(C)NC(C)c2ccc(C)c(C)c2)o1. The van der Waals surface area contributed by atoms with Crippen LogP contribution in [0, 0.1) is 20.8 Å². The van der Waals surface area contributed by atoms with Crippen LogP contribution in [0.5, 0.6) is 0 Å². The van der Waals surface area contributed by atoms with Gasteiger partial charge in [-0.15, -0.1) is 0 Å². The Hall–Kier alpha value is -1.61. The van der Waals surface area contributed by atoms with E-state index in [0.717, 1.165) is 11.7 Å². The number of nitrogens with zero attached hydrogens (tertiary/aromatic N) is 1. The van der Waals surface area contributed by atoms with E-state index >= 15 is 0 Å². The first-order valence-corrected chi connectivity index (χ1v) is 6.73. The third-order valence-electron chi connectivity index (χ3n) is 3.54. The maximum atomic E-state index is 5.55. The van der Waals surface area contributed by atoms with Crippen molar-refractivity contribution in [3.8, 4) is 0 Å². The Balaban J connectivity index is 2.07. The average molecular weight is 258 g/mol. The van der Waals surface area contributed by atoms with E-state index in [9.17, 15) is 0 Å². The lowest BCUT2D eigenvalue weighted by Crippen LogP contribution is -2.22. The third kappa shape index (κ3) is 3.24. The molecular weight excluding hydrogens is 236 g/mol. The highest BCUT2D eigenvalue weighted by atomic mass is 16.4. The highest BCUT2D eigenvalue weighted by molar-refractivity contribution is 5.31. The van der Waals surface area contributed by atoms with Crippen molar-refractivity contribution in [1.29, 1.82) is 0 Å². The zero-order valence-corrected chi connectivity index (χ0v) is 12.3. The molecule has 0 saturated carbocycles. The zero-order valence-electron chi connectivity index (χ0n) is 12.3. The van der Waals surface area contributed by atoms with Gasteiger partial charge in [-0.1, -0.05) is 18.2 Å². The molecule has 2 aromatic rings. The summed E-state index contributed by atoms with van der Waals surface area (Å²) in [5, 5.41) is 3.52. The van der Waals surface area contributed by atoms with E-state index in [1.54, 1.807) is 6.20 Å². The van der Waals surface area contributed by atoms with E-state index in [1.165, 1.54) is 16.7 Å². The lowest BCUT2D eigenvalue weighted by Gasteiger charge is -2.19. The Morgan fingerprint density at radius 2 is 1.79 bits per heavy atom. The first-order valence-electron chi connectivity index (χ1n) is 6.73. The molecule has 102 valence electrons. The third-order valence-corrected chi connectivity index (χ3v) is 3.54. The first kappa shape index (κ1) is 13.8. The molecule has 1 heterocycles. The predicted molar refractivity (Wildman–Crippen MR) is 77.1 cm³/mol. The largest absolute Gasteiger partial charge is 0.444 e. The molecule has 3 heteroatoms. The fourth-order valence-corrected chi connectivity index (χ4v) is 2.15. The zero-order chi connectivity index (χ0) is 14.0. The van der Waals surface area contributed by atoms with Gasteiger partial charge in [0.25, 0.3) is 0 Å². The molecule has 3 nitrogen and oxygen atoms in total. The van der Waals surface area contributed by atoms with Gasteiger partial charge in [0, 0.05) is 6.04 Å². The standard InChI is InChI=1S/C16H22N2O/c1-10-6-7-15(8-11(10)2)13(4)18-14(5)16-17-9-12(3)19-16/h6-9,13-14,18H,1-5H3. The Bertz CT molecular complexity index is 560. The summed E-state index contributed by atoms with van der Waals surface area (Å²) in [5.74, 6) is 1.59. The summed E-state index contributed by atoms with van der Waals surface area (Å²) < 4.78 is 5.55. The molecule has 0 fully saturated rings. The molecule has 2 rings (SSSR count). The van der Waals surface area contributed by atoms with E-state index < -0.39 is 0 Å². The quantitative estimate of drug-likeness (QED) is 0.900. The number of rotatable bonds is 4. The van der Waals surface area contributed by atoms with Crippen LogP contribution in [0.25, 0.3) is 0 Å². The lowest BCUT2D eigenvalue weighted by atomic mass is 10.0. The molecule has 0 aliphatic heterocycles. The van der Waals surface area contributed by atoms with Crippen molar-refractivity contribution in [3.63, 3.8) is 0 Å². The molecule has 1 N–H and O–H groups in total. The summed E-state index contributed by atoms with van der Waals surface area (Å²) in [6.45, 7) is 10.4. The molecule has 2 atom stereocenters.